The summed E-state index contributed by atoms with van der Waals surface area (Å²) in [5.74, 6) is 0. The van der Waals surface area contributed by atoms with Gasteiger partial charge in [-0.1, -0.05) is 41.7 Å². The van der Waals surface area contributed by atoms with Crippen molar-refractivity contribution in [2.75, 3.05) is 32.8 Å². The number of benzene rings is 2. The first kappa shape index (κ1) is 21.5. The Morgan fingerprint density at radius 2 is 1.77 bits per heavy atom. The number of amides is 1. The summed E-state index contributed by atoms with van der Waals surface area (Å²) in [5, 5.41) is 0. The van der Waals surface area contributed by atoms with Crippen molar-refractivity contribution in [1.29, 1.82) is 0 Å². The van der Waals surface area contributed by atoms with Crippen LogP contribution in [0.3, 0.4) is 0 Å². The van der Waals surface area contributed by atoms with Gasteiger partial charge in [0, 0.05) is 26.2 Å². The minimum atomic E-state index is -3.73. The second-order valence-electron chi connectivity index (χ2n) is 7.16. The SMILES string of the molecule is CCOC(=O)N1CCN(S(=O)(=O)c2ccc3c(c2)sc(=O)n3Cc2ccccc2)CC1. The van der Waals surface area contributed by atoms with E-state index in [1.165, 1.54) is 9.21 Å². The fourth-order valence-corrected chi connectivity index (χ4v) is 6.05. The van der Waals surface area contributed by atoms with Gasteiger partial charge >= 0.3 is 11.0 Å². The van der Waals surface area contributed by atoms with Crippen molar-refractivity contribution < 1.29 is 17.9 Å². The number of carbonyl (C=O) groups excluding carboxylic acids is 1. The summed E-state index contributed by atoms with van der Waals surface area (Å²) in [6.07, 6.45) is -0.425. The third-order valence-electron chi connectivity index (χ3n) is 5.23. The van der Waals surface area contributed by atoms with Gasteiger partial charge in [0.1, 0.15) is 0 Å². The van der Waals surface area contributed by atoms with E-state index in [1.807, 2.05) is 30.3 Å². The third kappa shape index (κ3) is 4.36. The molecule has 0 unspecified atom stereocenters. The van der Waals surface area contributed by atoms with Gasteiger partial charge in [0.15, 0.2) is 0 Å². The van der Waals surface area contributed by atoms with Gasteiger partial charge in [0.25, 0.3) is 0 Å². The van der Waals surface area contributed by atoms with E-state index >= 15 is 0 Å². The molecule has 0 atom stereocenters. The van der Waals surface area contributed by atoms with Gasteiger partial charge in [-0.25, -0.2) is 13.2 Å². The highest BCUT2D eigenvalue weighted by Gasteiger charge is 2.31. The van der Waals surface area contributed by atoms with Crippen molar-refractivity contribution in [2.24, 2.45) is 0 Å². The first-order valence-corrected chi connectivity index (χ1v) is 12.2. The molecule has 1 amide bonds. The van der Waals surface area contributed by atoms with Crippen LogP contribution in [0.2, 0.25) is 0 Å². The van der Waals surface area contributed by atoms with E-state index in [0.29, 0.717) is 16.8 Å². The number of ether oxygens (including phenoxy) is 1. The Bertz CT molecular complexity index is 1240. The standard InChI is InChI=1S/C21H23N3O5S2/c1-2-29-20(25)22-10-12-23(13-11-22)31(27,28)17-8-9-18-19(14-17)30-21(26)24(18)15-16-6-4-3-5-7-16/h3-9,14H,2,10-13,15H2,1H3. The Hall–Kier alpha value is -2.69. The summed E-state index contributed by atoms with van der Waals surface area (Å²) in [6.45, 7) is 3.40. The van der Waals surface area contributed by atoms with Crippen LogP contribution in [0, 0.1) is 0 Å². The molecule has 1 aromatic heterocycles. The number of thiazole rings is 1. The highest BCUT2D eigenvalue weighted by Crippen LogP contribution is 2.25. The summed E-state index contributed by atoms with van der Waals surface area (Å²) >= 11 is 1.04. The predicted octanol–water partition coefficient (Wildman–Crippen LogP) is 2.57. The Labute approximate surface area is 184 Å². The largest absolute Gasteiger partial charge is 0.450 e. The zero-order valence-corrected chi connectivity index (χ0v) is 18.7. The Kier molecular flexibility index (Phi) is 6.12. The molecule has 1 fully saturated rings. The molecule has 164 valence electrons. The van der Waals surface area contributed by atoms with Crippen LogP contribution < -0.4 is 4.87 Å². The van der Waals surface area contributed by atoms with E-state index in [0.717, 1.165) is 16.9 Å². The molecule has 0 N–H and O–H groups in total. The number of fused-ring (bicyclic) bond motifs is 1. The Morgan fingerprint density at radius 1 is 1.06 bits per heavy atom. The Morgan fingerprint density at radius 3 is 2.45 bits per heavy atom. The van der Waals surface area contributed by atoms with E-state index in [1.54, 1.807) is 29.7 Å². The Balaban J connectivity index is 1.56. The lowest BCUT2D eigenvalue weighted by molar-refractivity contribution is 0.0934. The van der Waals surface area contributed by atoms with Crippen LogP contribution in [0.1, 0.15) is 12.5 Å². The highest BCUT2D eigenvalue weighted by atomic mass is 32.2. The molecule has 0 spiro atoms. The van der Waals surface area contributed by atoms with Crippen molar-refractivity contribution in [1.82, 2.24) is 13.8 Å². The van der Waals surface area contributed by atoms with E-state index in [4.69, 9.17) is 4.74 Å². The number of piperazine rings is 1. The lowest BCUT2D eigenvalue weighted by Gasteiger charge is -2.33. The van der Waals surface area contributed by atoms with Crippen molar-refractivity contribution in [3.05, 3.63) is 63.8 Å². The van der Waals surface area contributed by atoms with E-state index < -0.39 is 16.1 Å². The van der Waals surface area contributed by atoms with Gasteiger partial charge in [-0.15, -0.1) is 0 Å². The lowest BCUT2D eigenvalue weighted by atomic mass is 10.2. The van der Waals surface area contributed by atoms with Gasteiger partial charge < -0.3 is 9.64 Å². The average Bonchev–Trinajstić information content (AvgIpc) is 3.09. The average molecular weight is 462 g/mol. The molecule has 2 aromatic carbocycles. The summed E-state index contributed by atoms with van der Waals surface area (Å²) in [4.78, 5) is 25.9. The van der Waals surface area contributed by atoms with Crippen LogP contribution in [-0.2, 0) is 21.3 Å². The van der Waals surface area contributed by atoms with Gasteiger partial charge in [-0.05, 0) is 30.7 Å². The number of aromatic nitrogens is 1. The normalized spacial score (nSPS) is 15.3. The molecule has 0 aliphatic carbocycles. The molecule has 1 aliphatic rings. The first-order valence-electron chi connectivity index (χ1n) is 9.99. The number of sulfonamides is 1. The quantitative estimate of drug-likeness (QED) is 0.583. The molecule has 4 rings (SSSR count). The number of hydrogen-bond donors (Lipinski definition) is 0. The zero-order chi connectivity index (χ0) is 22.0. The molecule has 2 heterocycles. The predicted molar refractivity (Wildman–Crippen MR) is 119 cm³/mol. The van der Waals surface area contributed by atoms with Crippen LogP contribution in [0.4, 0.5) is 4.79 Å². The maximum Gasteiger partial charge on any atom is 0.409 e. The fourth-order valence-electron chi connectivity index (χ4n) is 3.60. The third-order valence-corrected chi connectivity index (χ3v) is 8.06. The topological polar surface area (TPSA) is 88.9 Å². The highest BCUT2D eigenvalue weighted by molar-refractivity contribution is 7.89. The molecule has 0 bridgehead atoms. The molecular weight excluding hydrogens is 438 g/mol. The van der Waals surface area contributed by atoms with Crippen LogP contribution in [0.15, 0.2) is 58.2 Å². The van der Waals surface area contributed by atoms with Crippen LogP contribution >= 0.6 is 11.3 Å². The summed E-state index contributed by atoms with van der Waals surface area (Å²) in [6, 6.07) is 14.5. The molecule has 8 nitrogen and oxygen atoms in total. The molecule has 10 heteroatoms. The minimum absolute atomic E-state index is 0.128. The van der Waals surface area contributed by atoms with Gasteiger partial charge in [0.05, 0.1) is 28.3 Å². The molecular formula is C21H23N3O5S2. The van der Waals surface area contributed by atoms with Gasteiger partial charge in [-0.2, -0.15) is 4.31 Å². The second kappa shape index (κ2) is 8.81. The summed E-state index contributed by atoms with van der Waals surface area (Å²) in [7, 11) is -3.73. The van der Waals surface area contributed by atoms with Crippen molar-refractivity contribution >= 4 is 37.7 Å². The maximum atomic E-state index is 13.1. The van der Waals surface area contributed by atoms with Gasteiger partial charge in [0.2, 0.25) is 10.0 Å². The van der Waals surface area contributed by atoms with E-state index in [9.17, 15) is 18.0 Å². The second-order valence-corrected chi connectivity index (χ2v) is 10.1. The number of nitrogens with zero attached hydrogens (tertiary/aromatic N) is 3. The number of rotatable bonds is 5. The van der Waals surface area contributed by atoms with Crippen molar-refractivity contribution in [2.45, 2.75) is 18.4 Å². The van der Waals surface area contributed by atoms with Crippen molar-refractivity contribution in [3.63, 3.8) is 0 Å². The molecule has 31 heavy (non-hydrogen) atoms. The molecule has 3 aromatic rings. The molecule has 0 saturated carbocycles. The summed E-state index contributed by atoms with van der Waals surface area (Å²) in [5.41, 5.74) is 1.71. The zero-order valence-electron chi connectivity index (χ0n) is 17.1. The smallest absolute Gasteiger partial charge is 0.409 e. The number of carbonyl (C=O) groups is 1. The van der Waals surface area contributed by atoms with E-state index in [-0.39, 0.29) is 42.6 Å². The molecule has 1 saturated heterocycles. The molecule has 0 radical (unpaired) electrons. The van der Waals surface area contributed by atoms with Crippen molar-refractivity contribution in [3.8, 4) is 0 Å². The fraction of sp³-hybridized carbons (Fsp3) is 0.333. The van der Waals surface area contributed by atoms with Crippen LogP contribution in [-0.4, -0.2) is 61.1 Å². The maximum absolute atomic E-state index is 13.1. The lowest BCUT2D eigenvalue weighted by Crippen LogP contribution is -2.50. The van der Waals surface area contributed by atoms with Crippen LogP contribution in [0.5, 0.6) is 0 Å². The molecule has 1 aliphatic heterocycles. The minimum Gasteiger partial charge on any atom is -0.450 e. The van der Waals surface area contributed by atoms with E-state index in [2.05, 4.69) is 0 Å². The monoisotopic (exact) mass is 461 g/mol. The van der Waals surface area contributed by atoms with Gasteiger partial charge in [-0.3, -0.25) is 9.36 Å². The van der Waals surface area contributed by atoms with Crippen LogP contribution in [0.25, 0.3) is 10.2 Å². The number of hydrogen-bond acceptors (Lipinski definition) is 6. The first-order chi connectivity index (χ1) is 14.9. The summed E-state index contributed by atoms with van der Waals surface area (Å²) < 4.78 is 34.9.